The van der Waals surface area contributed by atoms with Crippen molar-refractivity contribution in [1.29, 1.82) is 0 Å². The van der Waals surface area contributed by atoms with Crippen molar-refractivity contribution in [2.45, 2.75) is 38.5 Å². The second kappa shape index (κ2) is 6.11. The van der Waals surface area contributed by atoms with Crippen molar-refractivity contribution in [1.82, 2.24) is 4.98 Å². The van der Waals surface area contributed by atoms with Crippen LogP contribution in [0.15, 0.2) is 30.5 Å². The highest BCUT2D eigenvalue weighted by Gasteiger charge is 2.44. The van der Waals surface area contributed by atoms with E-state index in [0.29, 0.717) is 23.7 Å². The van der Waals surface area contributed by atoms with Crippen LogP contribution in [0.5, 0.6) is 0 Å². The number of benzene rings is 1. The minimum atomic E-state index is -0.204. The van der Waals surface area contributed by atoms with Gasteiger partial charge in [-0.3, -0.25) is 9.78 Å². The Morgan fingerprint density at radius 3 is 2.58 bits per heavy atom. The summed E-state index contributed by atoms with van der Waals surface area (Å²) in [6, 6.07) is 6.89. The molecular weight excluding hydrogens is 325 g/mol. The molecule has 1 aromatic heterocycles. The Labute approximate surface area is 146 Å². The van der Waals surface area contributed by atoms with Crippen molar-refractivity contribution in [3.05, 3.63) is 41.8 Å². The predicted octanol–water partition coefficient (Wildman–Crippen LogP) is 5.30. The molecule has 1 aromatic carbocycles. The molecule has 0 spiro atoms. The number of nitrogens with zero attached hydrogens (tertiary/aromatic N) is 1. The molecule has 2 nitrogen and oxygen atoms in total. The average molecular weight is 346 g/mol. The fraction of sp³-hybridized carbons (Fsp3) is 0.500. The first kappa shape index (κ1) is 16.0. The fourth-order valence-corrected chi connectivity index (χ4v) is 5.18. The average Bonchev–Trinajstić information content (AvgIpc) is 3.12. The van der Waals surface area contributed by atoms with Crippen LogP contribution in [0.2, 0.25) is 0 Å². The second-order valence-electron chi connectivity index (χ2n) is 7.57. The van der Waals surface area contributed by atoms with Gasteiger partial charge in [0.25, 0.3) is 0 Å². The molecule has 126 valence electrons. The molecule has 2 aromatic rings. The Kier molecular flexibility index (Phi) is 4.07. The lowest BCUT2D eigenvalue weighted by Gasteiger charge is -2.19. The van der Waals surface area contributed by atoms with Gasteiger partial charge < -0.3 is 0 Å². The molecule has 4 rings (SSSR count). The van der Waals surface area contributed by atoms with Crippen LogP contribution in [0, 0.1) is 29.5 Å². The lowest BCUT2D eigenvalue weighted by molar-refractivity contribution is -0.116. The van der Waals surface area contributed by atoms with Crippen LogP contribution in [0.4, 0.5) is 4.39 Å². The minimum absolute atomic E-state index is 0.0356. The molecule has 1 heterocycles. The Hall–Kier alpha value is -1.48. The lowest BCUT2D eigenvalue weighted by Crippen LogP contribution is -2.15. The third kappa shape index (κ3) is 2.73. The topological polar surface area (TPSA) is 30.0 Å². The number of hydrogen-bond acceptors (Lipinski definition) is 2. The standard InChI is InChI=1S/C20H21ClFNO/c1-11(20(21)24)12-6-13-8-15(9-14(13)7-12)17-4-5-23-19-3-2-16(22)10-18(17)19/h2-5,10-15H,6-9H2,1H3/t11?,12?,13-,14+,15?. The van der Waals surface area contributed by atoms with Crippen LogP contribution < -0.4 is 0 Å². The van der Waals surface area contributed by atoms with E-state index in [1.165, 1.54) is 11.6 Å². The lowest BCUT2D eigenvalue weighted by atomic mass is 9.87. The molecule has 0 bridgehead atoms. The van der Waals surface area contributed by atoms with Crippen molar-refractivity contribution < 1.29 is 9.18 Å². The molecule has 4 heteroatoms. The summed E-state index contributed by atoms with van der Waals surface area (Å²) >= 11 is 5.69. The van der Waals surface area contributed by atoms with Crippen LogP contribution in [0.25, 0.3) is 10.9 Å². The monoisotopic (exact) mass is 345 g/mol. The van der Waals surface area contributed by atoms with Crippen molar-refractivity contribution >= 4 is 27.7 Å². The minimum Gasteiger partial charge on any atom is -0.281 e. The van der Waals surface area contributed by atoms with Crippen LogP contribution >= 0.6 is 11.6 Å². The quantitative estimate of drug-likeness (QED) is 0.707. The van der Waals surface area contributed by atoms with Gasteiger partial charge >= 0.3 is 0 Å². The van der Waals surface area contributed by atoms with Gasteiger partial charge in [-0.1, -0.05) is 6.92 Å². The second-order valence-corrected chi connectivity index (χ2v) is 7.95. The van der Waals surface area contributed by atoms with E-state index >= 15 is 0 Å². The highest BCUT2D eigenvalue weighted by Crippen LogP contribution is 2.54. The van der Waals surface area contributed by atoms with Gasteiger partial charge in [-0.2, -0.15) is 0 Å². The fourth-order valence-electron chi connectivity index (χ4n) is 5.01. The number of fused-ring (bicyclic) bond motifs is 2. The summed E-state index contributed by atoms with van der Waals surface area (Å²) in [5, 5.41) is 0.746. The van der Waals surface area contributed by atoms with Crippen LogP contribution in [-0.4, -0.2) is 10.2 Å². The summed E-state index contributed by atoms with van der Waals surface area (Å²) in [5.74, 6) is 1.98. The molecule has 2 aliphatic rings. The van der Waals surface area contributed by atoms with E-state index in [4.69, 9.17) is 11.6 Å². The van der Waals surface area contributed by atoms with Crippen molar-refractivity contribution in [2.24, 2.45) is 23.7 Å². The van der Waals surface area contributed by atoms with Crippen LogP contribution in [0.3, 0.4) is 0 Å². The Bertz CT molecular complexity index is 778. The smallest absolute Gasteiger partial charge is 0.224 e. The molecular formula is C20H21ClFNO. The SMILES string of the molecule is CC(C(=O)Cl)C1C[C@H]2CC(c3ccnc4ccc(F)cc34)C[C@H]2C1. The molecule has 24 heavy (non-hydrogen) atoms. The van der Waals surface area contributed by atoms with Gasteiger partial charge in [0.05, 0.1) is 5.52 Å². The Balaban J connectivity index is 1.56. The number of pyridine rings is 1. The van der Waals surface area contributed by atoms with E-state index in [1.54, 1.807) is 12.1 Å². The normalized spacial score (nSPS) is 30.5. The van der Waals surface area contributed by atoms with Crippen molar-refractivity contribution in [2.75, 3.05) is 0 Å². The predicted molar refractivity (Wildman–Crippen MR) is 93.4 cm³/mol. The molecule has 0 radical (unpaired) electrons. The van der Waals surface area contributed by atoms with Crippen molar-refractivity contribution in [3.63, 3.8) is 0 Å². The van der Waals surface area contributed by atoms with Gasteiger partial charge in [-0.05, 0) is 90.8 Å². The van der Waals surface area contributed by atoms with Crippen molar-refractivity contribution in [3.8, 4) is 0 Å². The van der Waals surface area contributed by atoms with E-state index < -0.39 is 0 Å². The first-order valence-corrected chi connectivity index (χ1v) is 9.14. The molecule has 2 aliphatic carbocycles. The molecule has 0 amide bonds. The molecule has 5 atom stereocenters. The molecule has 3 unspecified atom stereocenters. The highest BCUT2D eigenvalue weighted by molar-refractivity contribution is 6.63. The van der Waals surface area contributed by atoms with E-state index in [9.17, 15) is 9.18 Å². The largest absolute Gasteiger partial charge is 0.281 e. The van der Waals surface area contributed by atoms with E-state index in [0.717, 1.165) is 36.6 Å². The van der Waals surface area contributed by atoms with Crippen LogP contribution in [0.1, 0.15) is 44.1 Å². The first-order chi connectivity index (χ1) is 11.5. The van der Waals surface area contributed by atoms with E-state index in [-0.39, 0.29) is 17.0 Å². The molecule has 0 N–H and O–H groups in total. The molecule has 2 saturated carbocycles. The van der Waals surface area contributed by atoms with Gasteiger partial charge in [0, 0.05) is 17.5 Å². The van der Waals surface area contributed by atoms with Gasteiger partial charge in [0.2, 0.25) is 5.24 Å². The zero-order chi connectivity index (χ0) is 16.8. The summed E-state index contributed by atoms with van der Waals surface area (Å²) in [5.41, 5.74) is 2.09. The molecule has 0 aliphatic heterocycles. The third-order valence-electron chi connectivity index (χ3n) is 6.29. The number of hydrogen-bond donors (Lipinski definition) is 0. The van der Waals surface area contributed by atoms with Gasteiger partial charge in [-0.25, -0.2) is 4.39 Å². The maximum atomic E-state index is 13.7. The van der Waals surface area contributed by atoms with Crippen LogP contribution in [-0.2, 0) is 4.79 Å². The summed E-state index contributed by atoms with van der Waals surface area (Å²) < 4.78 is 13.7. The summed E-state index contributed by atoms with van der Waals surface area (Å²) in [6.07, 6.45) is 6.27. The van der Waals surface area contributed by atoms with E-state index in [2.05, 4.69) is 11.1 Å². The summed E-state index contributed by atoms with van der Waals surface area (Å²) in [6.45, 7) is 1.96. The van der Waals surface area contributed by atoms with Gasteiger partial charge in [0.15, 0.2) is 0 Å². The maximum Gasteiger partial charge on any atom is 0.224 e. The maximum absolute atomic E-state index is 13.7. The zero-order valence-corrected chi connectivity index (χ0v) is 14.5. The number of carbonyl (C=O) groups excluding carboxylic acids is 1. The number of carbonyl (C=O) groups is 1. The number of halogens is 2. The van der Waals surface area contributed by atoms with Gasteiger partial charge in [0.1, 0.15) is 5.82 Å². The first-order valence-electron chi connectivity index (χ1n) is 8.76. The third-order valence-corrected chi connectivity index (χ3v) is 6.64. The number of rotatable bonds is 3. The molecule has 2 fully saturated rings. The van der Waals surface area contributed by atoms with E-state index in [1.807, 2.05) is 13.1 Å². The van der Waals surface area contributed by atoms with Gasteiger partial charge in [-0.15, -0.1) is 0 Å². The number of aromatic nitrogens is 1. The zero-order valence-electron chi connectivity index (χ0n) is 13.7. The summed E-state index contributed by atoms with van der Waals surface area (Å²) in [4.78, 5) is 15.8. The Morgan fingerprint density at radius 2 is 1.92 bits per heavy atom. The highest BCUT2D eigenvalue weighted by atomic mass is 35.5. The Morgan fingerprint density at radius 1 is 1.21 bits per heavy atom. The summed E-state index contributed by atoms with van der Waals surface area (Å²) in [7, 11) is 0. The molecule has 0 saturated heterocycles.